The molecule has 0 amide bonds. The Bertz CT molecular complexity index is 374. The van der Waals surface area contributed by atoms with E-state index in [1.165, 1.54) is 19.2 Å². The molecule has 0 aliphatic rings. The lowest BCUT2D eigenvalue weighted by Gasteiger charge is -2.14. The Hall–Kier alpha value is -1.27. The molecule has 0 radical (unpaired) electrons. The molecule has 6 heteroatoms. The highest BCUT2D eigenvalue weighted by atomic mass is 19.3. The van der Waals surface area contributed by atoms with Gasteiger partial charge in [0.05, 0.1) is 7.11 Å². The molecule has 1 atom stereocenters. The van der Waals surface area contributed by atoms with Gasteiger partial charge in [-0.2, -0.15) is 0 Å². The highest BCUT2D eigenvalue weighted by Gasteiger charge is 2.15. The summed E-state index contributed by atoms with van der Waals surface area (Å²) in [5.41, 5.74) is 6.06. The maximum Gasteiger partial charge on any atom is 0.261 e. The van der Waals surface area contributed by atoms with Gasteiger partial charge in [0.1, 0.15) is 6.61 Å². The largest absolute Gasteiger partial charge is 0.494 e. The van der Waals surface area contributed by atoms with Crippen LogP contribution in [0, 0.1) is 5.82 Å². The summed E-state index contributed by atoms with van der Waals surface area (Å²) in [5, 5.41) is 0. The molecule has 0 bridgehead atoms. The van der Waals surface area contributed by atoms with Gasteiger partial charge >= 0.3 is 0 Å². The van der Waals surface area contributed by atoms with E-state index in [4.69, 9.17) is 15.2 Å². The predicted octanol–water partition coefficient (Wildman–Crippen LogP) is 2.51. The average Bonchev–Trinajstić information content (AvgIpc) is 2.34. The van der Waals surface area contributed by atoms with Crippen LogP contribution in [0.3, 0.4) is 0 Å². The number of nitrogens with two attached hydrogens (primary N) is 1. The summed E-state index contributed by atoms with van der Waals surface area (Å²) in [5.74, 6) is -0.419. The second kappa shape index (κ2) is 7.23. The SMILES string of the molecule is COc1cccc(C(N)CCOCC(F)F)c1F. The molecular weight excluding hydrogens is 247 g/mol. The number of hydrogen-bond acceptors (Lipinski definition) is 3. The van der Waals surface area contributed by atoms with Crippen LogP contribution in [0.2, 0.25) is 0 Å². The van der Waals surface area contributed by atoms with Crippen molar-refractivity contribution >= 4 is 0 Å². The summed E-state index contributed by atoms with van der Waals surface area (Å²) >= 11 is 0. The van der Waals surface area contributed by atoms with Crippen molar-refractivity contribution in [2.75, 3.05) is 20.3 Å². The van der Waals surface area contributed by atoms with Gasteiger partial charge < -0.3 is 15.2 Å². The number of rotatable bonds is 7. The van der Waals surface area contributed by atoms with Crippen molar-refractivity contribution in [3.63, 3.8) is 0 Å². The van der Waals surface area contributed by atoms with Crippen molar-refractivity contribution in [3.8, 4) is 5.75 Å². The number of hydrogen-bond donors (Lipinski definition) is 1. The van der Waals surface area contributed by atoms with Crippen LogP contribution in [0.1, 0.15) is 18.0 Å². The monoisotopic (exact) mass is 263 g/mol. The van der Waals surface area contributed by atoms with Gasteiger partial charge in [-0.1, -0.05) is 12.1 Å². The summed E-state index contributed by atoms with van der Waals surface area (Å²) in [7, 11) is 1.36. The minimum absolute atomic E-state index is 0.0577. The van der Waals surface area contributed by atoms with Gasteiger partial charge in [-0.05, 0) is 12.5 Å². The Morgan fingerprint density at radius 1 is 1.33 bits per heavy atom. The van der Waals surface area contributed by atoms with Gasteiger partial charge in [0.25, 0.3) is 6.43 Å². The van der Waals surface area contributed by atoms with Crippen LogP contribution >= 0.6 is 0 Å². The van der Waals surface area contributed by atoms with E-state index < -0.39 is 24.9 Å². The second-order valence-corrected chi connectivity index (χ2v) is 3.72. The lowest BCUT2D eigenvalue weighted by atomic mass is 10.0. The van der Waals surface area contributed by atoms with Crippen molar-refractivity contribution in [3.05, 3.63) is 29.6 Å². The molecule has 0 fully saturated rings. The Balaban J connectivity index is 2.53. The van der Waals surface area contributed by atoms with Gasteiger partial charge in [0.15, 0.2) is 11.6 Å². The minimum atomic E-state index is -2.50. The van der Waals surface area contributed by atoms with E-state index in [2.05, 4.69) is 0 Å². The fourth-order valence-corrected chi connectivity index (χ4v) is 1.51. The molecule has 0 aliphatic heterocycles. The van der Waals surface area contributed by atoms with E-state index in [-0.39, 0.29) is 24.3 Å². The Morgan fingerprint density at radius 3 is 2.67 bits per heavy atom. The molecule has 18 heavy (non-hydrogen) atoms. The Morgan fingerprint density at radius 2 is 2.06 bits per heavy atom. The van der Waals surface area contributed by atoms with Crippen LogP contribution < -0.4 is 10.5 Å². The van der Waals surface area contributed by atoms with E-state index >= 15 is 0 Å². The lowest BCUT2D eigenvalue weighted by molar-refractivity contribution is 0.0151. The maximum absolute atomic E-state index is 13.8. The first kappa shape index (κ1) is 14.8. The zero-order valence-corrected chi connectivity index (χ0v) is 10.0. The van der Waals surface area contributed by atoms with Gasteiger partial charge in [-0.3, -0.25) is 0 Å². The summed E-state index contributed by atoms with van der Waals surface area (Å²) in [6.07, 6.45) is -2.24. The molecule has 0 saturated heterocycles. The number of alkyl halides is 2. The molecule has 0 saturated carbocycles. The molecule has 1 unspecified atom stereocenters. The van der Waals surface area contributed by atoms with Crippen LogP contribution in [0.25, 0.3) is 0 Å². The molecule has 0 spiro atoms. The smallest absolute Gasteiger partial charge is 0.261 e. The van der Waals surface area contributed by atoms with Crippen molar-refractivity contribution < 1.29 is 22.6 Å². The standard InChI is InChI=1S/C12H16F3NO2/c1-17-10-4-2-3-8(12(10)15)9(16)5-6-18-7-11(13)14/h2-4,9,11H,5-7,16H2,1H3. The molecule has 0 heterocycles. The fraction of sp³-hybridized carbons (Fsp3) is 0.500. The molecule has 0 aliphatic carbocycles. The summed E-state index contributed by atoms with van der Waals surface area (Å²) < 4.78 is 47.0. The molecule has 0 aromatic heterocycles. The number of halogens is 3. The Labute approximate surface area is 104 Å². The highest BCUT2D eigenvalue weighted by Crippen LogP contribution is 2.25. The summed E-state index contributed by atoms with van der Waals surface area (Å²) in [6.45, 7) is -0.574. The van der Waals surface area contributed by atoms with E-state index in [0.29, 0.717) is 0 Å². The van der Waals surface area contributed by atoms with Crippen molar-refractivity contribution in [2.45, 2.75) is 18.9 Å². The molecule has 1 aromatic carbocycles. The first-order chi connectivity index (χ1) is 8.56. The van der Waals surface area contributed by atoms with Crippen LogP contribution in [-0.2, 0) is 4.74 Å². The maximum atomic E-state index is 13.8. The van der Waals surface area contributed by atoms with Gasteiger partial charge in [-0.25, -0.2) is 13.2 Å². The second-order valence-electron chi connectivity index (χ2n) is 3.72. The molecule has 2 N–H and O–H groups in total. The van der Waals surface area contributed by atoms with Gasteiger partial charge in [0, 0.05) is 18.2 Å². The normalized spacial score (nSPS) is 12.8. The number of methoxy groups -OCH3 is 1. The number of benzene rings is 1. The lowest BCUT2D eigenvalue weighted by Crippen LogP contribution is -2.16. The van der Waals surface area contributed by atoms with Gasteiger partial charge in [-0.15, -0.1) is 0 Å². The topological polar surface area (TPSA) is 44.5 Å². The minimum Gasteiger partial charge on any atom is -0.494 e. The predicted molar refractivity (Wildman–Crippen MR) is 61.3 cm³/mol. The summed E-state index contributed by atoms with van der Waals surface area (Å²) in [4.78, 5) is 0. The first-order valence-corrected chi connectivity index (χ1v) is 5.50. The van der Waals surface area contributed by atoms with Crippen LogP contribution in [0.4, 0.5) is 13.2 Å². The van der Waals surface area contributed by atoms with Crippen LogP contribution in [0.15, 0.2) is 18.2 Å². The van der Waals surface area contributed by atoms with Crippen LogP contribution in [0.5, 0.6) is 5.75 Å². The third-order valence-corrected chi connectivity index (χ3v) is 2.43. The zero-order chi connectivity index (χ0) is 13.5. The van der Waals surface area contributed by atoms with Crippen molar-refractivity contribution in [2.24, 2.45) is 5.73 Å². The Kier molecular flexibility index (Phi) is 5.94. The molecule has 3 nitrogen and oxygen atoms in total. The van der Waals surface area contributed by atoms with E-state index in [1.54, 1.807) is 6.07 Å². The van der Waals surface area contributed by atoms with Crippen molar-refractivity contribution in [1.29, 1.82) is 0 Å². The van der Waals surface area contributed by atoms with Crippen molar-refractivity contribution in [1.82, 2.24) is 0 Å². The third-order valence-electron chi connectivity index (χ3n) is 2.43. The van der Waals surface area contributed by atoms with E-state index in [1.807, 2.05) is 0 Å². The zero-order valence-electron chi connectivity index (χ0n) is 10.0. The molecule has 1 rings (SSSR count). The fourth-order valence-electron chi connectivity index (χ4n) is 1.51. The number of ether oxygens (including phenoxy) is 2. The first-order valence-electron chi connectivity index (χ1n) is 5.50. The average molecular weight is 263 g/mol. The third kappa shape index (κ3) is 4.19. The van der Waals surface area contributed by atoms with E-state index in [0.717, 1.165) is 0 Å². The molecule has 102 valence electrons. The molecular formula is C12H16F3NO2. The molecule has 1 aromatic rings. The highest BCUT2D eigenvalue weighted by molar-refractivity contribution is 5.32. The van der Waals surface area contributed by atoms with Gasteiger partial charge in [0.2, 0.25) is 0 Å². The van der Waals surface area contributed by atoms with Crippen LogP contribution in [-0.4, -0.2) is 26.7 Å². The quantitative estimate of drug-likeness (QED) is 0.769. The van der Waals surface area contributed by atoms with E-state index in [9.17, 15) is 13.2 Å². The summed E-state index contributed by atoms with van der Waals surface area (Å²) in [6, 6.07) is 4.03.